The third-order valence-corrected chi connectivity index (χ3v) is 5.02. The van der Waals surface area contributed by atoms with Crippen LogP contribution < -0.4 is 0 Å². The van der Waals surface area contributed by atoms with Crippen LogP contribution >= 0.6 is 0 Å². The molecule has 0 fully saturated rings. The summed E-state index contributed by atoms with van der Waals surface area (Å²) in [5.41, 5.74) is 4.57. The molecule has 0 spiro atoms. The number of para-hydroxylation sites is 1. The van der Waals surface area contributed by atoms with E-state index in [9.17, 15) is 9.59 Å². The number of carbonyl (C=O) groups is 2. The molecule has 0 N–H and O–H groups in total. The third kappa shape index (κ3) is 5.69. The zero-order valence-electron chi connectivity index (χ0n) is 18.1. The highest BCUT2D eigenvalue weighted by atomic mass is 16.5. The average Bonchev–Trinajstić information content (AvgIpc) is 3.08. The van der Waals surface area contributed by atoms with Gasteiger partial charge >= 0.3 is 5.97 Å². The second kappa shape index (κ2) is 10.4. The lowest BCUT2D eigenvalue weighted by molar-refractivity contribution is -0.148. The summed E-state index contributed by atoms with van der Waals surface area (Å²) in [5, 5.41) is 4.56. The molecule has 0 saturated heterocycles. The number of rotatable bonds is 8. The molecular weight excluding hydrogens is 390 g/mol. The molecule has 0 aliphatic heterocycles. The first-order valence-corrected chi connectivity index (χ1v) is 10.3. The number of esters is 1. The van der Waals surface area contributed by atoms with Crippen LogP contribution in [0, 0.1) is 13.8 Å². The quantitative estimate of drug-likeness (QED) is 0.409. The summed E-state index contributed by atoms with van der Waals surface area (Å²) in [5.74, 6) is -0.785. The van der Waals surface area contributed by atoms with Crippen LogP contribution in [0.3, 0.4) is 0 Å². The lowest BCUT2D eigenvalue weighted by Gasteiger charge is -2.20. The largest absolute Gasteiger partial charge is 0.452 e. The second-order valence-electron chi connectivity index (χ2n) is 7.17. The maximum absolute atomic E-state index is 12.4. The Hall–Kier alpha value is -3.67. The van der Waals surface area contributed by atoms with Crippen LogP contribution in [0.5, 0.6) is 0 Å². The van der Waals surface area contributed by atoms with Crippen LogP contribution in [0.15, 0.2) is 66.7 Å². The van der Waals surface area contributed by atoms with E-state index in [1.54, 1.807) is 11.0 Å². The maximum atomic E-state index is 12.4. The Morgan fingerprint density at radius 2 is 1.68 bits per heavy atom. The van der Waals surface area contributed by atoms with E-state index in [1.165, 1.54) is 6.08 Å². The van der Waals surface area contributed by atoms with Gasteiger partial charge in [0.05, 0.1) is 11.4 Å². The molecule has 3 aromatic rings. The molecule has 31 heavy (non-hydrogen) atoms. The monoisotopic (exact) mass is 417 g/mol. The van der Waals surface area contributed by atoms with Crippen molar-refractivity contribution in [3.63, 3.8) is 0 Å². The Bertz CT molecular complexity index is 1060. The topological polar surface area (TPSA) is 64.4 Å². The molecule has 0 atom stereocenters. The fourth-order valence-corrected chi connectivity index (χ4v) is 3.32. The highest BCUT2D eigenvalue weighted by molar-refractivity contribution is 5.89. The molecule has 0 radical (unpaired) electrons. The molecule has 2 aromatic carbocycles. The van der Waals surface area contributed by atoms with Crippen molar-refractivity contribution in [2.24, 2.45) is 0 Å². The molecule has 160 valence electrons. The molecule has 6 heteroatoms. The van der Waals surface area contributed by atoms with Gasteiger partial charge in [0.25, 0.3) is 5.91 Å². The van der Waals surface area contributed by atoms with Crippen molar-refractivity contribution in [2.45, 2.75) is 27.3 Å². The molecule has 0 unspecified atom stereocenters. The summed E-state index contributed by atoms with van der Waals surface area (Å²) in [4.78, 5) is 26.3. The predicted molar refractivity (Wildman–Crippen MR) is 121 cm³/mol. The van der Waals surface area contributed by atoms with Gasteiger partial charge in [-0.05, 0) is 44.5 Å². The summed E-state index contributed by atoms with van der Waals surface area (Å²) in [6.45, 7) is 6.48. The number of hydrogen-bond acceptors (Lipinski definition) is 4. The zero-order chi connectivity index (χ0) is 22.2. The summed E-state index contributed by atoms with van der Waals surface area (Å²) < 4.78 is 7.01. The van der Waals surface area contributed by atoms with E-state index in [4.69, 9.17) is 4.74 Å². The number of aromatic nitrogens is 2. The van der Waals surface area contributed by atoms with Gasteiger partial charge in [-0.25, -0.2) is 9.48 Å². The van der Waals surface area contributed by atoms with Gasteiger partial charge in [0, 0.05) is 30.4 Å². The Morgan fingerprint density at radius 1 is 1.03 bits per heavy atom. The van der Waals surface area contributed by atoms with Gasteiger partial charge in [0.1, 0.15) is 0 Å². The number of hydrogen-bond donors (Lipinski definition) is 0. The molecule has 3 rings (SSSR count). The van der Waals surface area contributed by atoms with Gasteiger partial charge < -0.3 is 9.64 Å². The van der Waals surface area contributed by atoms with E-state index in [2.05, 4.69) is 5.10 Å². The van der Waals surface area contributed by atoms with Crippen molar-refractivity contribution in [1.29, 1.82) is 0 Å². The van der Waals surface area contributed by atoms with E-state index in [-0.39, 0.29) is 12.5 Å². The summed E-state index contributed by atoms with van der Waals surface area (Å²) >= 11 is 0. The summed E-state index contributed by atoms with van der Waals surface area (Å²) in [6.07, 6.45) is 3.03. The van der Waals surface area contributed by atoms with Crippen molar-refractivity contribution < 1.29 is 14.3 Å². The van der Waals surface area contributed by atoms with Crippen molar-refractivity contribution >= 4 is 18.0 Å². The van der Waals surface area contributed by atoms with Gasteiger partial charge in [-0.1, -0.05) is 48.5 Å². The van der Waals surface area contributed by atoms with Crippen molar-refractivity contribution in [3.05, 3.63) is 89.3 Å². The predicted octanol–water partition coefficient (Wildman–Crippen LogP) is 4.09. The van der Waals surface area contributed by atoms with Crippen LogP contribution in [-0.2, 0) is 20.9 Å². The SMILES string of the molecule is CCN(Cc1ccccc1)C(=O)COC(=O)/C=C/c1c(C)nn(-c2ccccc2)c1C. The van der Waals surface area contributed by atoms with Gasteiger partial charge in [-0.3, -0.25) is 4.79 Å². The lowest BCUT2D eigenvalue weighted by Crippen LogP contribution is -2.33. The van der Waals surface area contributed by atoms with E-state index in [0.29, 0.717) is 13.1 Å². The van der Waals surface area contributed by atoms with Gasteiger partial charge in [-0.2, -0.15) is 5.10 Å². The van der Waals surface area contributed by atoms with E-state index >= 15 is 0 Å². The van der Waals surface area contributed by atoms with Crippen molar-refractivity contribution in [3.8, 4) is 5.69 Å². The Morgan fingerprint density at radius 3 is 2.32 bits per heavy atom. The molecule has 0 aliphatic carbocycles. The average molecular weight is 418 g/mol. The molecule has 1 heterocycles. The zero-order valence-corrected chi connectivity index (χ0v) is 18.1. The van der Waals surface area contributed by atoms with Gasteiger partial charge in [0.15, 0.2) is 6.61 Å². The minimum absolute atomic E-state index is 0.225. The van der Waals surface area contributed by atoms with Gasteiger partial charge in [-0.15, -0.1) is 0 Å². The molecule has 1 aromatic heterocycles. The number of amides is 1. The first-order valence-electron chi connectivity index (χ1n) is 10.3. The smallest absolute Gasteiger partial charge is 0.331 e. The van der Waals surface area contributed by atoms with Crippen molar-refractivity contribution in [2.75, 3.05) is 13.2 Å². The van der Waals surface area contributed by atoms with E-state index in [0.717, 1.165) is 28.2 Å². The maximum Gasteiger partial charge on any atom is 0.331 e. The fourth-order valence-electron chi connectivity index (χ4n) is 3.32. The fraction of sp³-hybridized carbons (Fsp3) is 0.240. The normalized spacial score (nSPS) is 10.9. The molecular formula is C25H27N3O3. The molecule has 0 bridgehead atoms. The standard InChI is InChI=1S/C25H27N3O3/c1-4-27(17-21-11-7-5-8-12-21)24(29)18-31-25(30)16-15-23-19(2)26-28(20(23)3)22-13-9-6-10-14-22/h5-16H,4,17-18H2,1-3H3/b16-15+. The number of carbonyl (C=O) groups excluding carboxylic acids is 2. The number of likely N-dealkylation sites (N-methyl/N-ethyl adjacent to an activating group) is 1. The minimum Gasteiger partial charge on any atom is -0.452 e. The number of ether oxygens (including phenoxy) is 1. The lowest BCUT2D eigenvalue weighted by atomic mass is 10.2. The number of nitrogens with zero attached hydrogens (tertiary/aromatic N) is 3. The molecule has 1 amide bonds. The van der Waals surface area contributed by atoms with Gasteiger partial charge in [0.2, 0.25) is 0 Å². The second-order valence-corrected chi connectivity index (χ2v) is 7.17. The number of benzene rings is 2. The Kier molecular flexibility index (Phi) is 7.38. The molecule has 0 aliphatic rings. The Labute approximate surface area is 182 Å². The first-order chi connectivity index (χ1) is 15.0. The van der Waals surface area contributed by atoms with E-state index in [1.807, 2.05) is 86.1 Å². The highest BCUT2D eigenvalue weighted by Gasteiger charge is 2.15. The summed E-state index contributed by atoms with van der Waals surface area (Å²) in [6, 6.07) is 19.5. The first kappa shape index (κ1) is 22.0. The summed E-state index contributed by atoms with van der Waals surface area (Å²) in [7, 11) is 0. The highest BCUT2D eigenvalue weighted by Crippen LogP contribution is 2.19. The van der Waals surface area contributed by atoms with Crippen LogP contribution in [0.2, 0.25) is 0 Å². The van der Waals surface area contributed by atoms with Crippen LogP contribution in [-0.4, -0.2) is 39.7 Å². The van der Waals surface area contributed by atoms with Crippen LogP contribution in [0.1, 0.15) is 29.4 Å². The number of aryl methyl sites for hydroxylation is 1. The van der Waals surface area contributed by atoms with Crippen molar-refractivity contribution in [1.82, 2.24) is 14.7 Å². The Balaban J connectivity index is 1.59. The molecule has 0 saturated carbocycles. The van der Waals surface area contributed by atoms with Crippen LogP contribution in [0.4, 0.5) is 0 Å². The minimum atomic E-state index is -0.560. The third-order valence-electron chi connectivity index (χ3n) is 5.02. The van der Waals surface area contributed by atoms with E-state index < -0.39 is 5.97 Å². The molecule has 6 nitrogen and oxygen atoms in total. The van der Waals surface area contributed by atoms with Crippen LogP contribution in [0.25, 0.3) is 11.8 Å².